The summed E-state index contributed by atoms with van der Waals surface area (Å²) in [6.45, 7) is 2.22. The molecule has 9 heteroatoms. The van der Waals surface area contributed by atoms with Gasteiger partial charge in [-0.3, -0.25) is 4.79 Å². The molecule has 1 amide bonds. The molecule has 37 heavy (non-hydrogen) atoms. The number of carbonyl (C=O) groups excluding carboxylic acids is 2. The highest BCUT2D eigenvalue weighted by atomic mass is 32.1. The van der Waals surface area contributed by atoms with Crippen molar-refractivity contribution in [1.82, 2.24) is 0 Å². The molecule has 1 N–H and O–H groups in total. The fourth-order valence-corrected chi connectivity index (χ4v) is 5.70. The van der Waals surface area contributed by atoms with Gasteiger partial charge < -0.3 is 24.3 Å². The molecule has 0 fully saturated rings. The van der Waals surface area contributed by atoms with E-state index in [1.165, 1.54) is 12.0 Å². The average molecular weight is 523 g/mol. The second kappa shape index (κ2) is 11.5. The monoisotopic (exact) mass is 522 g/mol. The lowest BCUT2D eigenvalue weighted by atomic mass is 9.88. The Morgan fingerprint density at radius 2 is 1.68 bits per heavy atom. The van der Waals surface area contributed by atoms with Crippen molar-refractivity contribution in [2.75, 3.05) is 33.8 Å². The topological polar surface area (TPSA) is 95.5 Å². The first-order chi connectivity index (χ1) is 17.9. The van der Waals surface area contributed by atoms with Gasteiger partial charge in [0, 0.05) is 28.4 Å². The number of hydrogen-bond donors (Lipinski definition) is 1. The highest BCUT2D eigenvalue weighted by Crippen LogP contribution is 2.42. The molecule has 1 aliphatic carbocycles. The number of carbonyl (C=O) groups is 2. The summed E-state index contributed by atoms with van der Waals surface area (Å²) < 4.78 is 21.1. The highest BCUT2D eigenvalue weighted by Gasteiger charge is 2.27. The van der Waals surface area contributed by atoms with Crippen molar-refractivity contribution >= 4 is 40.1 Å². The zero-order valence-electron chi connectivity index (χ0n) is 21.5. The zero-order valence-corrected chi connectivity index (χ0v) is 22.4. The quantitative estimate of drug-likeness (QED) is 0.302. The molecule has 0 radical (unpaired) electrons. The number of benzene rings is 2. The van der Waals surface area contributed by atoms with Crippen molar-refractivity contribution in [2.45, 2.75) is 26.2 Å². The number of esters is 1. The van der Waals surface area contributed by atoms with Crippen LogP contribution in [-0.2, 0) is 17.6 Å². The first kappa shape index (κ1) is 26.2. The molecule has 1 atom stereocenters. The number of anilines is 1. The largest absolute Gasteiger partial charge is 0.496 e. The van der Waals surface area contributed by atoms with Crippen LogP contribution in [0.5, 0.6) is 17.2 Å². The normalized spacial score (nSPS) is 14.7. The zero-order chi connectivity index (χ0) is 26.5. The minimum atomic E-state index is -0.430. The van der Waals surface area contributed by atoms with Gasteiger partial charge in [-0.05, 0) is 61.1 Å². The molecule has 194 valence electrons. The molecule has 0 bridgehead atoms. The van der Waals surface area contributed by atoms with Gasteiger partial charge in [0.05, 0.1) is 39.6 Å². The number of ether oxygens (including phenoxy) is 4. The van der Waals surface area contributed by atoms with Crippen LogP contribution < -0.4 is 19.5 Å². The second-order valence-corrected chi connectivity index (χ2v) is 9.85. The smallest absolute Gasteiger partial charge is 0.337 e. The number of nitrogens with one attached hydrogen (secondary N) is 1. The molecule has 4 rings (SSSR count). The first-order valence-corrected chi connectivity index (χ1v) is 12.7. The van der Waals surface area contributed by atoms with Gasteiger partial charge in [0.1, 0.15) is 10.8 Å². The lowest BCUT2D eigenvalue weighted by Gasteiger charge is -2.18. The van der Waals surface area contributed by atoms with Gasteiger partial charge in [0.25, 0.3) is 5.91 Å². The number of fused-ring (bicyclic) bond motifs is 1. The standard InChI is InChI=1S/C28H30N2O6S/c1-16-6-11-20-24(12-16)37-27(29-15-18-13-22(34-3)23(35-4)14-21(18)33-2)25(20)26(31)30-19-9-7-17(8-10-19)28(32)36-5/h7-10,13-16H,6,11-12H2,1-5H3,(H,30,31)/t16-/m1/s1. The highest BCUT2D eigenvalue weighted by molar-refractivity contribution is 7.16. The third-order valence-electron chi connectivity index (χ3n) is 6.34. The first-order valence-electron chi connectivity index (χ1n) is 11.9. The minimum absolute atomic E-state index is 0.232. The fraction of sp³-hybridized carbons (Fsp3) is 0.321. The maximum Gasteiger partial charge on any atom is 0.337 e. The molecule has 0 saturated heterocycles. The Morgan fingerprint density at radius 3 is 2.32 bits per heavy atom. The Labute approximate surface area is 220 Å². The van der Waals surface area contributed by atoms with Gasteiger partial charge in [0.2, 0.25) is 0 Å². The maximum absolute atomic E-state index is 13.5. The second-order valence-electron chi connectivity index (χ2n) is 8.76. The Hall–Kier alpha value is -3.85. The van der Waals surface area contributed by atoms with Crippen molar-refractivity contribution in [3.8, 4) is 17.2 Å². The van der Waals surface area contributed by atoms with Crippen LogP contribution in [0.2, 0.25) is 0 Å². The number of aliphatic imine (C=N–C) groups is 1. The molecule has 0 unspecified atom stereocenters. The molecule has 1 aliphatic rings. The number of hydrogen-bond acceptors (Lipinski definition) is 8. The van der Waals surface area contributed by atoms with Gasteiger partial charge in [-0.15, -0.1) is 11.3 Å². The van der Waals surface area contributed by atoms with E-state index in [2.05, 4.69) is 12.2 Å². The van der Waals surface area contributed by atoms with Crippen LogP contribution in [0.15, 0.2) is 41.4 Å². The van der Waals surface area contributed by atoms with E-state index in [-0.39, 0.29) is 5.91 Å². The predicted molar refractivity (Wildman–Crippen MR) is 145 cm³/mol. The van der Waals surface area contributed by atoms with Crippen LogP contribution in [0.3, 0.4) is 0 Å². The summed E-state index contributed by atoms with van der Waals surface area (Å²) in [4.78, 5) is 31.2. The van der Waals surface area contributed by atoms with Crippen LogP contribution in [0.4, 0.5) is 10.7 Å². The predicted octanol–water partition coefficient (Wildman–Crippen LogP) is 5.69. The third kappa shape index (κ3) is 5.61. The van der Waals surface area contributed by atoms with Crippen molar-refractivity contribution in [3.05, 3.63) is 63.5 Å². The molecule has 8 nitrogen and oxygen atoms in total. The number of methoxy groups -OCH3 is 4. The molecule has 0 aliphatic heterocycles. The Bertz CT molecular complexity index is 1330. The summed E-state index contributed by atoms with van der Waals surface area (Å²) in [5, 5.41) is 3.60. The van der Waals surface area contributed by atoms with Crippen molar-refractivity contribution in [3.63, 3.8) is 0 Å². The van der Waals surface area contributed by atoms with E-state index >= 15 is 0 Å². The molecular formula is C28H30N2O6S. The molecule has 2 aromatic carbocycles. The number of thiophene rings is 1. The van der Waals surface area contributed by atoms with Crippen LogP contribution in [0.25, 0.3) is 0 Å². The van der Waals surface area contributed by atoms with E-state index in [0.717, 1.165) is 24.8 Å². The van der Waals surface area contributed by atoms with Crippen LogP contribution in [0.1, 0.15) is 50.1 Å². The van der Waals surface area contributed by atoms with Gasteiger partial charge in [0.15, 0.2) is 11.5 Å². The Balaban J connectivity index is 1.69. The van der Waals surface area contributed by atoms with Gasteiger partial charge >= 0.3 is 5.97 Å². The average Bonchev–Trinajstić information content (AvgIpc) is 3.28. The summed E-state index contributed by atoms with van der Waals surface area (Å²) >= 11 is 1.55. The maximum atomic E-state index is 13.5. The Morgan fingerprint density at radius 1 is 1.00 bits per heavy atom. The van der Waals surface area contributed by atoms with E-state index < -0.39 is 5.97 Å². The van der Waals surface area contributed by atoms with Gasteiger partial charge in [-0.1, -0.05) is 6.92 Å². The van der Waals surface area contributed by atoms with E-state index in [1.54, 1.807) is 75.3 Å². The summed E-state index contributed by atoms with van der Waals surface area (Å²) in [6, 6.07) is 10.1. The Kier molecular flexibility index (Phi) is 8.13. The number of rotatable bonds is 8. The van der Waals surface area contributed by atoms with E-state index in [9.17, 15) is 9.59 Å². The van der Waals surface area contributed by atoms with Crippen molar-refractivity contribution < 1.29 is 28.5 Å². The van der Waals surface area contributed by atoms with Crippen LogP contribution in [-0.4, -0.2) is 46.5 Å². The summed E-state index contributed by atoms with van der Waals surface area (Å²) in [5.41, 5.74) is 3.33. The fourth-order valence-electron chi connectivity index (χ4n) is 4.34. The molecule has 1 heterocycles. The van der Waals surface area contributed by atoms with E-state index in [4.69, 9.17) is 23.9 Å². The lowest BCUT2D eigenvalue weighted by molar-refractivity contribution is 0.0600. The van der Waals surface area contributed by atoms with Crippen molar-refractivity contribution in [1.29, 1.82) is 0 Å². The summed E-state index contributed by atoms with van der Waals surface area (Å²) in [5.74, 6) is 1.57. The number of nitrogens with zero attached hydrogens (tertiary/aromatic N) is 1. The molecular weight excluding hydrogens is 492 g/mol. The molecule has 3 aromatic rings. The molecule has 0 spiro atoms. The van der Waals surface area contributed by atoms with Gasteiger partial charge in [-0.25, -0.2) is 9.79 Å². The minimum Gasteiger partial charge on any atom is -0.496 e. The van der Waals surface area contributed by atoms with Crippen molar-refractivity contribution in [2.24, 2.45) is 10.9 Å². The summed E-state index contributed by atoms with van der Waals surface area (Å²) in [7, 11) is 6.04. The van der Waals surface area contributed by atoms with E-state index in [1.807, 2.05) is 0 Å². The molecule has 0 saturated carbocycles. The summed E-state index contributed by atoms with van der Waals surface area (Å²) in [6.07, 6.45) is 4.45. The number of amides is 1. The lowest BCUT2D eigenvalue weighted by Crippen LogP contribution is -2.16. The SMILES string of the molecule is COC(=O)c1ccc(NC(=O)c2c(N=Cc3cc(OC)c(OC)cc3OC)sc3c2CC[C@@H](C)C3)cc1. The van der Waals surface area contributed by atoms with Gasteiger partial charge in [-0.2, -0.15) is 0 Å². The van der Waals surface area contributed by atoms with Crippen LogP contribution >= 0.6 is 11.3 Å². The molecule has 1 aromatic heterocycles. The van der Waals surface area contributed by atoms with Crippen LogP contribution in [0, 0.1) is 5.92 Å². The van der Waals surface area contributed by atoms with E-state index in [0.29, 0.717) is 50.5 Å². The third-order valence-corrected chi connectivity index (χ3v) is 7.50.